The zero-order valence-electron chi connectivity index (χ0n) is 21.6. The number of hydrogen-bond acceptors (Lipinski definition) is 7. The third-order valence-electron chi connectivity index (χ3n) is 7.66. The summed E-state index contributed by atoms with van der Waals surface area (Å²) in [4.78, 5) is 45.5. The first kappa shape index (κ1) is 25.9. The van der Waals surface area contributed by atoms with E-state index in [1.54, 1.807) is 16.8 Å². The molecule has 1 fully saturated rings. The molecule has 1 aromatic carbocycles. The Morgan fingerprint density at radius 2 is 1.84 bits per heavy atom. The molecule has 1 N–H and O–H groups in total. The van der Waals surface area contributed by atoms with E-state index in [9.17, 15) is 28.3 Å². The van der Waals surface area contributed by atoms with Crippen LogP contribution in [0.4, 0.5) is 8.78 Å². The molecule has 3 atom stereocenters. The maximum absolute atomic E-state index is 14.2. The normalized spacial score (nSPS) is 26.5. The highest BCUT2D eigenvalue weighted by Crippen LogP contribution is 2.42. The summed E-state index contributed by atoms with van der Waals surface area (Å²) in [6.45, 7) is 4.83. The van der Waals surface area contributed by atoms with Crippen molar-refractivity contribution in [1.82, 2.24) is 19.7 Å². The maximum Gasteiger partial charge on any atom is 0.273 e. The fourth-order valence-corrected chi connectivity index (χ4v) is 5.67. The van der Waals surface area contributed by atoms with Crippen molar-refractivity contribution < 1.29 is 33.0 Å². The minimum Gasteiger partial charge on any atom is -0.509 e. The van der Waals surface area contributed by atoms with Gasteiger partial charge in [0.25, 0.3) is 17.7 Å². The number of amides is 3. The molecule has 1 aromatic rings. The Morgan fingerprint density at radius 3 is 2.58 bits per heavy atom. The molecule has 0 radical (unpaired) electrons. The number of carbonyl (C=O) groups is 3. The van der Waals surface area contributed by atoms with E-state index in [4.69, 9.17) is 4.74 Å². The molecule has 0 saturated carbocycles. The molecule has 3 amide bonds. The van der Waals surface area contributed by atoms with Gasteiger partial charge in [-0.2, -0.15) is 5.10 Å². The van der Waals surface area contributed by atoms with E-state index in [2.05, 4.69) is 5.10 Å². The Labute approximate surface area is 219 Å². The van der Waals surface area contributed by atoms with Gasteiger partial charge in [-0.15, -0.1) is 0 Å². The molecule has 10 nitrogen and oxygen atoms in total. The van der Waals surface area contributed by atoms with Gasteiger partial charge in [-0.05, 0) is 39.2 Å². The Bertz CT molecular complexity index is 1250. The second-order valence-electron chi connectivity index (χ2n) is 10.1. The van der Waals surface area contributed by atoms with Crippen molar-refractivity contribution in [2.75, 3.05) is 33.3 Å². The van der Waals surface area contributed by atoms with Crippen molar-refractivity contribution in [1.29, 1.82) is 0 Å². The first-order valence-corrected chi connectivity index (χ1v) is 12.9. The number of fused-ring (bicyclic) bond motifs is 6. The maximum atomic E-state index is 14.2. The molecule has 2 bridgehead atoms. The molecule has 204 valence electrons. The van der Waals surface area contributed by atoms with Gasteiger partial charge in [0.05, 0.1) is 19.2 Å². The fraction of sp³-hybridized carbons (Fsp3) is 0.538. The van der Waals surface area contributed by atoms with Crippen molar-refractivity contribution >= 4 is 23.4 Å². The molecule has 1 saturated heterocycles. The lowest BCUT2D eigenvalue weighted by molar-refractivity contribution is -0.139. The minimum absolute atomic E-state index is 0.00496. The van der Waals surface area contributed by atoms with Crippen LogP contribution < -0.4 is 4.74 Å². The lowest BCUT2D eigenvalue weighted by Gasteiger charge is -2.44. The van der Waals surface area contributed by atoms with E-state index in [0.29, 0.717) is 32.5 Å². The van der Waals surface area contributed by atoms with Gasteiger partial charge in [-0.1, -0.05) is 0 Å². The van der Waals surface area contributed by atoms with Gasteiger partial charge < -0.3 is 24.5 Å². The molecule has 4 aliphatic heterocycles. The predicted octanol–water partition coefficient (Wildman–Crippen LogP) is 2.00. The number of halogens is 2. The summed E-state index contributed by atoms with van der Waals surface area (Å²) in [6.07, 6.45) is 2.03. The highest BCUT2D eigenvalue weighted by Gasteiger charge is 2.58. The van der Waals surface area contributed by atoms with Gasteiger partial charge in [-0.3, -0.25) is 14.4 Å². The van der Waals surface area contributed by atoms with Crippen LogP contribution in [0.15, 0.2) is 28.7 Å². The molecule has 0 aromatic heterocycles. The van der Waals surface area contributed by atoms with Gasteiger partial charge in [0.1, 0.15) is 28.8 Å². The third kappa shape index (κ3) is 4.15. The fourth-order valence-electron chi connectivity index (χ4n) is 5.67. The number of nitrogens with zero attached hydrogens (tertiary/aromatic N) is 5. The van der Waals surface area contributed by atoms with Gasteiger partial charge in [0.15, 0.2) is 11.6 Å². The van der Waals surface area contributed by atoms with Crippen molar-refractivity contribution in [3.63, 3.8) is 0 Å². The standard InChI is InChI=1S/C26H31F2N5O5/c1-4-31-12-14(2)33-21-19(23(34)22(33)26(31)37)24(35)32-13-15-10-16(27)17(28)11-18(15)38-9-7-5-6-8-30(3)25(36)20(21)29-32/h10-11,14,19,21,34H,4-9,12-13H2,1-3H3/t14-,19?,21?/m0/s1. The zero-order valence-corrected chi connectivity index (χ0v) is 21.6. The van der Waals surface area contributed by atoms with Crippen LogP contribution in [0.3, 0.4) is 0 Å². The van der Waals surface area contributed by atoms with Crippen LogP contribution in [-0.4, -0.2) is 93.6 Å². The number of carbonyl (C=O) groups excluding carboxylic acids is 3. The second-order valence-corrected chi connectivity index (χ2v) is 10.1. The SMILES string of the molecule is CCN1C[C@H](C)N2C(=C(O)C3C(=O)N4Cc5cc(F)c(F)cc5OCCCCCN(C)C(=O)C(=N4)C32)C1=O. The Kier molecular flexibility index (Phi) is 6.74. The Morgan fingerprint density at radius 1 is 1.11 bits per heavy atom. The number of aliphatic hydroxyl groups is 1. The number of likely N-dealkylation sites (N-methyl/N-ethyl adjacent to an activating group) is 1. The summed E-state index contributed by atoms with van der Waals surface area (Å²) in [5, 5.41) is 16.7. The Hall–Kier alpha value is -3.70. The van der Waals surface area contributed by atoms with Gasteiger partial charge in [-0.25, -0.2) is 13.8 Å². The lowest BCUT2D eigenvalue weighted by atomic mass is 9.91. The van der Waals surface area contributed by atoms with Crippen LogP contribution in [0.25, 0.3) is 0 Å². The third-order valence-corrected chi connectivity index (χ3v) is 7.66. The first-order chi connectivity index (χ1) is 18.1. The van der Waals surface area contributed by atoms with Crippen molar-refractivity contribution in [2.24, 2.45) is 11.0 Å². The number of piperazine rings is 1. The number of rotatable bonds is 1. The van der Waals surface area contributed by atoms with Crippen LogP contribution in [0.2, 0.25) is 0 Å². The molecule has 0 spiro atoms. The largest absolute Gasteiger partial charge is 0.509 e. The van der Waals surface area contributed by atoms with E-state index in [1.165, 1.54) is 4.90 Å². The number of hydrazone groups is 1. The quantitative estimate of drug-likeness (QED) is 0.595. The van der Waals surface area contributed by atoms with Gasteiger partial charge in [0.2, 0.25) is 0 Å². The summed E-state index contributed by atoms with van der Waals surface area (Å²) >= 11 is 0. The van der Waals surface area contributed by atoms with E-state index in [-0.39, 0.29) is 41.9 Å². The average molecular weight is 532 g/mol. The molecule has 2 unspecified atom stereocenters. The summed E-state index contributed by atoms with van der Waals surface area (Å²) in [7, 11) is 1.64. The van der Waals surface area contributed by atoms with Crippen LogP contribution >= 0.6 is 0 Å². The lowest BCUT2D eigenvalue weighted by Crippen LogP contribution is -2.61. The second kappa shape index (κ2) is 9.88. The number of benzene rings is 1. The topological polar surface area (TPSA) is 106 Å². The van der Waals surface area contributed by atoms with E-state index in [1.807, 2.05) is 13.8 Å². The minimum atomic E-state index is -1.25. The van der Waals surface area contributed by atoms with Crippen LogP contribution in [0.5, 0.6) is 5.75 Å². The van der Waals surface area contributed by atoms with Crippen LogP contribution in [0.1, 0.15) is 38.7 Å². The van der Waals surface area contributed by atoms with E-state index >= 15 is 0 Å². The monoisotopic (exact) mass is 531 g/mol. The molecular formula is C26H31F2N5O5. The smallest absolute Gasteiger partial charge is 0.273 e. The average Bonchev–Trinajstić information content (AvgIpc) is 3.20. The highest BCUT2D eigenvalue weighted by molar-refractivity contribution is 6.42. The molecule has 4 heterocycles. The van der Waals surface area contributed by atoms with Crippen LogP contribution in [-0.2, 0) is 20.9 Å². The molecule has 4 aliphatic rings. The van der Waals surface area contributed by atoms with Gasteiger partial charge in [0, 0.05) is 44.4 Å². The summed E-state index contributed by atoms with van der Waals surface area (Å²) in [6, 6.07) is 0.626. The van der Waals surface area contributed by atoms with Crippen molar-refractivity contribution in [3.8, 4) is 5.75 Å². The van der Waals surface area contributed by atoms with E-state index in [0.717, 1.165) is 23.6 Å². The van der Waals surface area contributed by atoms with E-state index < -0.39 is 47.1 Å². The van der Waals surface area contributed by atoms with Crippen LogP contribution in [0, 0.1) is 17.6 Å². The summed E-state index contributed by atoms with van der Waals surface area (Å²) in [5.74, 6) is -5.28. The predicted molar refractivity (Wildman–Crippen MR) is 132 cm³/mol. The summed E-state index contributed by atoms with van der Waals surface area (Å²) < 4.78 is 34.0. The number of hydrogen-bond donors (Lipinski definition) is 1. The highest BCUT2D eigenvalue weighted by atomic mass is 19.2. The Balaban J connectivity index is 1.63. The van der Waals surface area contributed by atoms with Crippen molar-refractivity contribution in [2.45, 2.75) is 51.7 Å². The first-order valence-electron chi connectivity index (χ1n) is 12.9. The summed E-state index contributed by atoms with van der Waals surface area (Å²) in [5.41, 5.74) is 0.167. The number of aliphatic hydroxyl groups excluding tert-OH is 1. The van der Waals surface area contributed by atoms with Gasteiger partial charge >= 0.3 is 0 Å². The zero-order chi connectivity index (χ0) is 27.3. The molecule has 38 heavy (non-hydrogen) atoms. The molecule has 5 rings (SSSR count). The molecule has 12 heteroatoms. The molecular weight excluding hydrogens is 500 g/mol. The van der Waals surface area contributed by atoms with Crippen molar-refractivity contribution in [3.05, 3.63) is 40.8 Å². The molecule has 0 aliphatic carbocycles. The number of ether oxygens (including phenoxy) is 1.